The number of benzene rings is 12. The molecule has 17 aromatic rings. The van der Waals surface area contributed by atoms with Crippen LogP contribution in [-0.2, 0) is 0 Å². The van der Waals surface area contributed by atoms with Crippen LogP contribution >= 0.6 is 45.3 Å². The highest BCUT2D eigenvalue weighted by molar-refractivity contribution is 7.27. The molecular weight excluding hydrogens is 989 g/mol. The second kappa shape index (κ2) is 16.0. The number of rotatable bonds is 6. The zero-order chi connectivity index (χ0) is 48.9. The topological polar surface area (TPSA) is 19.6 Å². The van der Waals surface area contributed by atoms with Gasteiger partial charge in [0.1, 0.15) is 11.2 Å². The molecule has 5 aromatic heterocycles. The van der Waals surface area contributed by atoms with Gasteiger partial charge in [0.2, 0.25) is 0 Å². The lowest BCUT2D eigenvalue weighted by Gasteiger charge is -2.25. The van der Waals surface area contributed by atoms with Crippen LogP contribution in [0.5, 0.6) is 0 Å². The average Bonchev–Trinajstić information content (AvgIpc) is 4.31. The summed E-state index contributed by atoms with van der Waals surface area (Å²) in [5, 5.41) is 17.5. The van der Waals surface area contributed by atoms with Crippen LogP contribution in [0.4, 0.5) is 34.1 Å². The van der Waals surface area contributed by atoms with E-state index in [-0.39, 0.29) is 0 Å². The van der Waals surface area contributed by atoms with Gasteiger partial charge in [-0.2, -0.15) is 0 Å². The molecule has 75 heavy (non-hydrogen) atoms. The number of anilines is 6. The van der Waals surface area contributed by atoms with E-state index in [4.69, 9.17) is 4.42 Å². The van der Waals surface area contributed by atoms with Gasteiger partial charge in [-0.3, -0.25) is 0 Å². The van der Waals surface area contributed by atoms with Crippen LogP contribution in [0.25, 0.3) is 124 Å². The molecule has 0 radical (unpaired) electrons. The van der Waals surface area contributed by atoms with E-state index < -0.39 is 0 Å². The lowest BCUT2D eigenvalue weighted by molar-refractivity contribution is 0.670. The minimum atomic E-state index is 0.919. The number of thiophene rings is 4. The Bertz CT molecular complexity index is 4890. The van der Waals surface area contributed by atoms with Crippen molar-refractivity contribution in [3.63, 3.8) is 0 Å². The van der Waals surface area contributed by atoms with Gasteiger partial charge in [-0.15, -0.1) is 45.3 Å². The van der Waals surface area contributed by atoms with Crippen LogP contribution in [0.1, 0.15) is 0 Å². The number of nitrogens with zero attached hydrogens (tertiary/aromatic N) is 2. The molecular formula is C68H38N2OS4. The van der Waals surface area contributed by atoms with E-state index in [1.165, 1.54) is 102 Å². The minimum absolute atomic E-state index is 0.919. The third kappa shape index (κ3) is 6.49. The van der Waals surface area contributed by atoms with Gasteiger partial charge < -0.3 is 14.2 Å². The largest absolute Gasteiger partial charge is 0.456 e. The summed E-state index contributed by atoms with van der Waals surface area (Å²) in [6.07, 6.45) is 0. The average molecular weight is 1030 g/mol. The van der Waals surface area contributed by atoms with Gasteiger partial charge in [-0.05, 0) is 155 Å². The van der Waals surface area contributed by atoms with Gasteiger partial charge in [0.05, 0.1) is 0 Å². The first-order valence-corrected chi connectivity index (χ1v) is 28.4. The molecule has 0 saturated carbocycles. The molecule has 17 rings (SSSR count). The van der Waals surface area contributed by atoms with Crippen LogP contribution in [0.2, 0.25) is 0 Å². The highest BCUT2D eigenvalue weighted by Crippen LogP contribution is 2.48. The van der Waals surface area contributed by atoms with Crippen molar-refractivity contribution in [2.24, 2.45) is 0 Å². The van der Waals surface area contributed by atoms with E-state index in [1.54, 1.807) is 0 Å². The zero-order valence-electron chi connectivity index (χ0n) is 39.9. The third-order valence-corrected chi connectivity index (χ3v) is 19.8. The first-order valence-electron chi connectivity index (χ1n) is 25.2. The maximum Gasteiger partial charge on any atom is 0.136 e. The molecule has 0 atom stereocenters. The number of furan rings is 1. The van der Waals surface area contributed by atoms with Gasteiger partial charge in [0.25, 0.3) is 0 Å². The van der Waals surface area contributed by atoms with Crippen LogP contribution in [0.15, 0.2) is 235 Å². The van der Waals surface area contributed by atoms with E-state index >= 15 is 0 Å². The minimum Gasteiger partial charge on any atom is -0.456 e. The summed E-state index contributed by atoms with van der Waals surface area (Å²) < 4.78 is 17.1. The molecule has 0 aliphatic heterocycles. The van der Waals surface area contributed by atoms with Gasteiger partial charge in [-0.1, -0.05) is 97.1 Å². The molecule has 0 bridgehead atoms. The molecule has 350 valence electrons. The van der Waals surface area contributed by atoms with E-state index in [0.717, 1.165) is 56.1 Å². The lowest BCUT2D eigenvalue weighted by Crippen LogP contribution is -2.09. The van der Waals surface area contributed by atoms with Crippen molar-refractivity contribution in [2.75, 3.05) is 9.80 Å². The molecule has 7 heteroatoms. The fourth-order valence-corrected chi connectivity index (χ4v) is 16.3. The molecule has 12 aromatic carbocycles. The highest BCUT2D eigenvalue weighted by Gasteiger charge is 2.21. The smallest absolute Gasteiger partial charge is 0.136 e. The lowest BCUT2D eigenvalue weighted by atomic mass is 10.0. The van der Waals surface area contributed by atoms with E-state index in [1.807, 2.05) is 45.3 Å². The first-order chi connectivity index (χ1) is 37.1. The Morgan fingerprint density at radius 2 is 0.547 bits per heavy atom. The van der Waals surface area contributed by atoms with Crippen LogP contribution in [-0.4, -0.2) is 0 Å². The Kier molecular flexibility index (Phi) is 8.91. The molecule has 5 heterocycles. The molecule has 3 nitrogen and oxygen atoms in total. The van der Waals surface area contributed by atoms with Crippen molar-refractivity contribution < 1.29 is 4.42 Å². The molecule has 0 aliphatic carbocycles. The SMILES string of the molecule is c1ccc(N(c2ccc3c(c2)sc2cc4c(cc23)oc2cc3c(cc24)sc2cc(N(c4ccccc4)c4ccc5sc6cc7ccccc7cc6c5c4)ccc23)c2ccc3sc4cc5ccccc5cc4c3c2)cc1. The summed E-state index contributed by atoms with van der Waals surface area (Å²) in [5.41, 5.74) is 8.64. The summed E-state index contributed by atoms with van der Waals surface area (Å²) >= 11 is 7.46. The second-order valence-electron chi connectivity index (χ2n) is 19.7. The van der Waals surface area contributed by atoms with Gasteiger partial charge in [-0.25, -0.2) is 0 Å². The summed E-state index contributed by atoms with van der Waals surface area (Å²) in [5.74, 6) is 0. The fraction of sp³-hybridized carbons (Fsp3) is 0. The fourth-order valence-electron chi connectivity index (χ4n) is 11.8. The Morgan fingerprint density at radius 3 is 1.00 bits per heavy atom. The molecule has 0 unspecified atom stereocenters. The zero-order valence-corrected chi connectivity index (χ0v) is 43.1. The second-order valence-corrected chi connectivity index (χ2v) is 24.0. The molecule has 0 saturated heterocycles. The summed E-state index contributed by atoms with van der Waals surface area (Å²) in [7, 11) is 0. The van der Waals surface area contributed by atoms with Crippen LogP contribution < -0.4 is 9.80 Å². The van der Waals surface area contributed by atoms with Crippen molar-refractivity contribution in [3.05, 3.63) is 231 Å². The number of para-hydroxylation sites is 2. The quantitative estimate of drug-likeness (QED) is 0.165. The van der Waals surface area contributed by atoms with Gasteiger partial charge >= 0.3 is 0 Å². The maximum atomic E-state index is 6.82. The Morgan fingerprint density at radius 1 is 0.213 bits per heavy atom. The summed E-state index contributed by atoms with van der Waals surface area (Å²) in [4.78, 5) is 4.80. The molecule has 0 spiro atoms. The van der Waals surface area contributed by atoms with Crippen LogP contribution in [0, 0.1) is 0 Å². The van der Waals surface area contributed by atoms with Crippen molar-refractivity contribution in [2.45, 2.75) is 0 Å². The van der Waals surface area contributed by atoms with Gasteiger partial charge in [0.15, 0.2) is 0 Å². The molecule has 0 aliphatic rings. The standard InChI is InChI=1S/C68H38N2OS4/c1-3-15-43(16-4-1)69(45-21-25-61-55(31-45)53-27-39-11-7-9-13-41(39)29-63(53)72-61)47-19-23-49-57-35-59-51(37-67(57)74-65(49)33-47)52-38-68-58(36-60(52)71-59)50-24-20-48(34-66(50)75-68)70(44-17-5-2-6-18-44)46-22-26-62-56(32-46)54-28-40-12-8-10-14-42(40)30-64(54)73-62/h1-38H. The van der Waals surface area contributed by atoms with E-state index in [9.17, 15) is 0 Å². The Labute approximate surface area is 445 Å². The molecule has 0 amide bonds. The van der Waals surface area contributed by atoms with Crippen molar-refractivity contribution in [1.29, 1.82) is 0 Å². The number of hydrogen-bond acceptors (Lipinski definition) is 7. The van der Waals surface area contributed by atoms with E-state index in [0.29, 0.717) is 0 Å². The third-order valence-electron chi connectivity index (χ3n) is 15.3. The summed E-state index contributed by atoms with van der Waals surface area (Å²) in [6.45, 7) is 0. The van der Waals surface area contributed by atoms with Gasteiger partial charge in [0, 0.05) is 126 Å². The number of hydrogen-bond donors (Lipinski definition) is 0. The predicted molar refractivity (Wildman–Crippen MR) is 330 cm³/mol. The normalized spacial score (nSPS) is 12.3. The first kappa shape index (κ1) is 41.9. The Hall–Kier alpha value is -8.56. The number of fused-ring (bicyclic) bond motifs is 17. The van der Waals surface area contributed by atoms with Crippen LogP contribution in [0.3, 0.4) is 0 Å². The van der Waals surface area contributed by atoms with Crippen molar-refractivity contribution in [1.82, 2.24) is 0 Å². The van der Waals surface area contributed by atoms with Crippen molar-refractivity contribution in [3.8, 4) is 0 Å². The summed E-state index contributed by atoms with van der Waals surface area (Å²) in [6, 6.07) is 85.4. The molecule has 0 N–H and O–H groups in total. The van der Waals surface area contributed by atoms with E-state index in [2.05, 4.69) is 240 Å². The predicted octanol–water partition coefficient (Wildman–Crippen LogP) is 22.3. The Balaban J connectivity index is 0.755. The highest BCUT2D eigenvalue weighted by atomic mass is 32.1. The molecule has 0 fully saturated rings. The maximum absolute atomic E-state index is 6.82. The van der Waals surface area contributed by atoms with Crippen molar-refractivity contribution >= 4 is 204 Å². The monoisotopic (exact) mass is 1030 g/mol.